The molecule has 0 aliphatic carbocycles. The van der Waals surface area contributed by atoms with Gasteiger partial charge >= 0.3 is 5.97 Å². The molecule has 1 aromatic heterocycles. The molecule has 0 spiro atoms. The van der Waals surface area contributed by atoms with Crippen LogP contribution in [0.3, 0.4) is 0 Å². The zero-order valence-corrected chi connectivity index (χ0v) is 19.9. The van der Waals surface area contributed by atoms with Crippen LogP contribution in [-0.4, -0.2) is 79.9 Å². The summed E-state index contributed by atoms with van der Waals surface area (Å²) >= 11 is 3.94. The first-order valence-electron chi connectivity index (χ1n) is 10.8. The first-order chi connectivity index (χ1) is 16.6. The first kappa shape index (κ1) is 27.8. The molecule has 1 aromatic carbocycles. The Morgan fingerprint density at radius 3 is 2.23 bits per heavy atom. The second kappa shape index (κ2) is 13.5. The molecule has 190 valence electrons. The second-order valence-corrected chi connectivity index (χ2v) is 8.31. The van der Waals surface area contributed by atoms with E-state index >= 15 is 0 Å². The van der Waals surface area contributed by atoms with Crippen LogP contribution in [0, 0.1) is 0 Å². The van der Waals surface area contributed by atoms with Crippen molar-refractivity contribution in [1.82, 2.24) is 25.9 Å². The van der Waals surface area contributed by atoms with Crippen molar-refractivity contribution in [2.75, 3.05) is 5.75 Å². The molecule has 0 bridgehead atoms. The Morgan fingerprint density at radius 1 is 1.03 bits per heavy atom. The van der Waals surface area contributed by atoms with E-state index < -0.39 is 54.0 Å². The lowest BCUT2D eigenvalue weighted by Crippen LogP contribution is -2.60. The highest BCUT2D eigenvalue weighted by atomic mass is 32.1. The minimum atomic E-state index is -1.41. The summed E-state index contributed by atoms with van der Waals surface area (Å²) in [5, 5.41) is 26.9. The highest BCUT2D eigenvalue weighted by Gasteiger charge is 2.32. The number of rotatable bonds is 13. The van der Waals surface area contributed by atoms with E-state index in [2.05, 4.69) is 38.5 Å². The summed E-state index contributed by atoms with van der Waals surface area (Å²) in [6, 6.07) is 3.84. The average molecular weight is 507 g/mol. The van der Waals surface area contributed by atoms with Crippen LogP contribution in [0.2, 0.25) is 0 Å². The predicted octanol–water partition coefficient (Wildman–Crippen LogP) is -1.63. The number of aliphatic carboxylic acids is 1. The summed E-state index contributed by atoms with van der Waals surface area (Å²) in [4.78, 5) is 56.6. The number of aromatic nitrogens is 2. The number of benzene rings is 1. The molecule has 12 nitrogen and oxygen atoms in total. The van der Waals surface area contributed by atoms with Gasteiger partial charge in [-0.2, -0.15) is 12.6 Å². The van der Waals surface area contributed by atoms with E-state index in [0.717, 1.165) is 0 Å². The number of amides is 3. The van der Waals surface area contributed by atoms with Crippen LogP contribution >= 0.6 is 12.6 Å². The van der Waals surface area contributed by atoms with Gasteiger partial charge in [-0.15, -0.1) is 0 Å². The maximum atomic E-state index is 13.1. The van der Waals surface area contributed by atoms with E-state index in [1.807, 2.05) is 0 Å². The fraction of sp³-hybridized carbons (Fsp3) is 0.409. The summed E-state index contributed by atoms with van der Waals surface area (Å²) in [5.74, 6) is -3.55. The monoisotopic (exact) mass is 506 g/mol. The molecule has 0 radical (unpaired) electrons. The molecule has 2 aromatic rings. The topological polar surface area (TPSA) is 200 Å². The van der Waals surface area contributed by atoms with E-state index in [9.17, 15) is 29.4 Å². The normalized spacial score (nSPS) is 15.2. The van der Waals surface area contributed by atoms with Gasteiger partial charge in [0.2, 0.25) is 17.7 Å². The number of nitrogens with two attached hydrogens (primary N) is 1. The number of carbonyl (C=O) groups is 4. The van der Waals surface area contributed by atoms with Gasteiger partial charge in [-0.25, -0.2) is 9.78 Å². The number of carbonyl (C=O) groups excluding carboxylic acids is 3. The number of imidazole rings is 1. The summed E-state index contributed by atoms with van der Waals surface area (Å²) < 4.78 is 0. The number of aromatic amines is 1. The zero-order chi connectivity index (χ0) is 26.0. The van der Waals surface area contributed by atoms with Gasteiger partial charge in [0.1, 0.15) is 18.1 Å². The number of hydrogen-bond donors (Lipinski definition) is 8. The van der Waals surface area contributed by atoms with Crippen molar-refractivity contribution in [3.63, 3.8) is 0 Å². The summed E-state index contributed by atoms with van der Waals surface area (Å²) in [6.45, 7) is 1.29. The van der Waals surface area contributed by atoms with Crippen LogP contribution in [-0.2, 0) is 32.0 Å². The number of aliphatic hydroxyl groups is 1. The van der Waals surface area contributed by atoms with Crippen LogP contribution in [0.15, 0.2) is 42.9 Å². The minimum absolute atomic E-state index is 0.0167. The Morgan fingerprint density at radius 2 is 1.69 bits per heavy atom. The Kier molecular flexibility index (Phi) is 10.7. The third kappa shape index (κ3) is 8.70. The number of nitrogens with zero attached hydrogens (tertiary/aromatic N) is 1. The second-order valence-electron chi connectivity index (χ2n) is 7.95. The van der Waals surface area contributed by atoms with Gasteiger partial charge in [0.15, 0.2) is 0 Å². The van der Waals surface area contributed by atoms with Crippen molar-refractivity contribution < 1.29 is 29.4 Å². The number of carboxylic acid groups (broad SMARTS) is 1. The minimum Gasteiger partial charge on any atom is -0.480 e. The van der Waals surface area contributed by atoms with E-state index in [4.69, 9.17) is 5.73 Å². The van der Waals surface area contributed by atoms with Gasteiger partial charge in [-0.05, 0) is 12.5 Å². The van der Waals surface area contributed by atoms with Gasteiger partial charge in [-0.3, -0.25) is 14.4 Å². The lowest BCUT2D eigenvalue weighted by molar-refractivity contribution is -0.142. The molecule has 2 rings (SSSR count). The SMILES string of the molecule is CC(O)C(NC(=O)C(N)CS)C(=O)NC(Cc1cnc[nH]1)C(=O)NC(Cc1ccccc1)C(=O)O. The van der Waals surface area contributed by atoms with Gasteiger partial charge in [0.25, 0.3) is 0 Å². The van der Waals surface area contributed by atoms with Crippen molar-refractivity contribution in [2.24, 2.45) is 5.73 Å². The largest absolute Gasteiger partial charge is 0.480 e. The van der Waals surface area contributed by atoms with Crippen molar-refractivity contribution >= 4 is 36.3 Å². The van der Waals surface area contributed by atoms with E-state index in [0.29, 0.717) is 11.3 Å². The molecule has 13 heteroatoms. The number of carboxylic acids is 1. The van der Waals surface area contributed by atoms with Crippen LogP contribution < -0.4 is 21.7 Å². The third-order valence-electron chi connectivity index (χ3n) is 5.11. The Balaban J connectivity index is 2.19. The lowest BCUT2D eigenvalue weighted by atomic mass is 10.0. The highest BCUT2D eigenvalue weighted by molar-refractivity contribution is 7.80. The summed E-state index contributed by atoms with van der Waals surface area (Å²) in [6.07, 6.45) is 1.50. The molecule has 0 aliphatic heterocycles. The summed E-state index contributed by atoms with van der Waals surface area (Å²) in [5.41, 5.74) is 6.81. The number of H-pyrrole nitrogens is 1. The van der Waals surface area contributed by atoms with Crippen molar-refractivity contribution in [2.45, 2.75) is 50.0 Å². The summed E-state index contributed by atoms with van der Waals surface area (Å²) in [7, 11) is 0. The van der Waals surface area contributed by atoms with Gasteiger partial charge < -0.3 is 36.9 Å². The molecule has 1 heterocycles. The Labute approximate surface area is 207 Å². The lowest BCUT2D eigenvalue weighted by Gasteiger charge is -2.26. The maximum absolute atomic E-state index is 13.1. The van der Waals surface area contributed by atoms with Crippen molar-refractivity contribution in [3.8, 4) is 0 Å². The number of aliphatic hydroxyl groups excluding tert-OH is 1. The molecule has 0 saturated heterocycles. The number of nitrogens with one attached hydrogen (secondary N) is 4. The average Bonchev–Trinajstić information content (AvgIpc) is 3.34. The number of thiol groups is 1. The van der Waals surface area contributed by atoms with Gasteiger partial charge in [-0.1, -0.05) is 30.3 Å². The Bertz CT molecular complexity index is 988. The van der Waals surface area contributed by atoms with E-state index in [1.165, 1.54) is 19.4 Å². The molecular formula is C22H30N6O6S. The third-order valence-corrected chi connectivity index (χ3v) is 5.50. The molecule has 3 amide bonds. The van der Waals surface area contributed by atoms with Crippen LogP contribution in [0.4, 0.5) is 0 Å². The molecule has 35 heavy (non-hydrogen) atoms. The Hall–Kier alpha value is -3.42. The highest BCUT2D eigenvalue weighted by Crippen LogP contribution is 2.06. The zero-order valence-electron chi connectivity index (χ0n) is 19.0. The van der Waals surface area contributed by atoms with Crippen LogP contribution in [0.1, 0.15) is 18.2 Å². The van der Waals surface area contributed by atoms with E-state index in [-0.39, 0.29) is 18.6 Å². The first-order valence-corrected chi connectivity index (χ1v) is 11.4. The van der Waals surface area contributed by atoms with Crippen LogP contribution in [0.5, 0.6) is 0 Å². The molecule has 0 aliphatic rings. The van der Waals surface area contributed by atoms with Crippen molar-refractivity contribution in [1.29, 1.82) is 0 Å². The molecule has 5 atom stereocenters. The quantitative estimate of drug-likeness (QED) is 0.148. The fourth-order valence-corrected chi connectivity index (χ4v) is 3.32. The smallest absolute Gasteiger partial charge is 0.326 e. The molecule has 8 N–H and O–H groups in total. The molecule has 0 fully saturated rings. The van der Waals surface area contributed by atoms with E-state index in [1.54, 1.807) is 30.3 Å². The molecular weight excluding hydrogens is 476 g/mol. The van der Waals surface area contributed by atoms with Gasteiger partial charge in [0, 0.05) is 30.5 Å². The standard InChI is InChI=1S/C22H30N6O6S/c1-12(29)18(28-19(30)15(23)10-35)21(32)26-16(8-14-9-24-11-25-14)20(31)27-17(22(33)34)7-13-5-3-2-4-6-13/h2-6,9,11-12,15-18,29,35H,7-8,10,23H2,1H3,(H,24,25)(H,26,32)(H,27,31)(H,28,30)(H,33,34). The number of hydrogen-bond acceptors (Lipinski definition) is 8. The molecule has 5 unspecified atom stereocenters. The van der Waals surface area contributed by atoms with Crippen molar-refractivity contribution in [3.05, 3.63) is 54.1 Å². The van der Waals surface area contributed by atoms with Gasteiger partial charge in [0.05, 0.1) is 18.5 Å². The maximum Gasteiger partial charge on any atom is 0.326 e. The fourth-order valence-electron chi connectivity index (χ4n) is 3.16. The molecule has 0 saturated carbocycles. The predicted molar refractivity (Wildman–Crippen MR) is 129 cm³/mol. The van der Waals surface area contributed by atoms with Crippen LogP contribution in [0.25, 0.3) is 0 Å².